The lowest BCUT2D eigenvalue weighted by molar-refractivity contribution is -0.0979. The fourth-order valence-corrected chi connectivity index (χ4v) is 2.90. The first-order valence-electron chi connectivity index (χ1n) is 10.1. The number of aliphatic hydroxyl groups is 1. The molecule has 2 unspecified atom stereocenters. The Morgan fingerprint density at radius 2 is 2.00 bits per heavy atom. The maximum Gasteiger partial charge on any atom is 0.119 e. The average molecular weight is 375 g/mol. The molecule has 1 saturated carbocycles. The van der Waals surface area contributed by atoms with Gasteiger partial charge in [-0.1, -0.05) is 62.6 Å². The highest BCUT2D eigenvalue weighted by atomic mass is 16.5. The second kappa shape index (κ2) is 17.5. The largest absolute Gasteiger partial charge is 0.493 e. The molecule has 1 fully saturated rings. The molecule has 3 heteroatoms. The van der Waals surface area contributed by atoms with Crippen LogP contribution in [0.2, 0.25) is 0 Å². The summed E-state index contributed by atoms with van der Waals surface area (Å²) in [5.41, 5.74) is 1.22. The molecule has 0 amide bonds. The third kappa shape index (κ3) is 13.0. The van der Waals surface area contributed by atoms with Crippen LogP contribution in [0, 0.1) is 12.8 Å². The van der Waals surface area contributed by atoms with Gasteiger partial charge in [0.25, 0.3) is 0 Å². The van der Waals surface area contributed by atoms with Gasteiger partial charge in [-0.3, -0.25) is 0 Å². The first-order valence-corrected chi connectivity index (χ1v) is 10.1. The minimum absolute atomic E-state index is 0.126. The van der Waals surface area contributed by atoms with Crippen molar-refractivity contribution in [1.29, 1.82) is 0 Å². The topological polar surface area (TPSA) is 46.5 Å². The van der Waals surface area contributed by atoms with Crippen LogP contribution in [-0.4, -0.2) is 24.6 Å². The number of ether oxygens (including phenoxy) is 1. The van der Waals surface area contributed by atoms with Gasteiger partial charge in [-0.25, -0.2) is 0 Å². The fourth-order valence-electron chi connectivity index (χ4n) is 2.90. The molecule has 1 aromatic rings. The van der Waals surface area contributed by atoms with Crippen LogP contribution in [0.5, 0.6) is 5.75 Å². The lowest BCUT2D eigenvalue weighted by Crippen LogP contribution is -2.09. The summed E-state index contributed by atoms with van der Waals surface area (Å²) in [6, 6.07) is 8.10. The van der Waals surface area contributed by atoms with Crippen LogP contribution in [0.15, 0.2) is 48.6 Å². The molecule has 1 aromatic carbocycles. The van der Waals surface area contributed by atoms with E-state index in [0.717, 1.165) is 31.4 Å². The number of hydrogen-bond donors (Lipinski definition) is 1. The van der Waals surface area contributed by atoms with E-state index in [9.17, 15) is 5.11 Å². The van der Waals surface area contributed by atoms with Crippen molar-refractivity contribution in [2.75, 3.05) is 6.61 Å². The van der Waals surface area contributed by atoms with Gasteiger partial charge in [0, 0.05) is 5.92 Å². The average Bonchev–Trinajstić information content (AvgIpc) is 3.09. The summed E-state index contributed by atoms with van der Waals surface area (Å²) in [5.74, 6) is 1.30. The summed E-state index contributed by atoms with van der Waals surface area (Å²) < 4.78 is 5.66. The minimum Gasteiger partial charge on any atom is -0.493 e. The summed E-state index contributed by atoms with van der Waals surface area (Å²) in [4.78, 5) is 8.00. The van der Waals surface area contributed by atoms with Gasteiger partial charge in [-0.2, -0.15) is 0 Å². The van der Waals surface area contributed by atoms with Crippen LogP contribution in [0.3, 0.4) is 0 Å². The first-order chi connectivity index (χ1) is 13.2. The zero-order valence-corrected chi connectivity index (χ0v) is 17.4. The van der Waals surface area contributed by atoms with Crippen LogP contribution >= 0.6 is 0 Å². The second-order valence-electron chi connectivity index (χ2n) is 6.76. The highest BCUT2D eigenvalue weighted by molar-refractivity contribution is 5.27. The van der Waals surface area contributed by atoms with Gasteiger partial charge in [0.15, 0.2) is 0 Å². The third-order valence-electron chi connectivity index (χ3n) is 4.42. The Balaban J connectivity index is 0.000000637. The summed E-state index contributed by atoms with van der Waals surface area (Å²) >= 11 is 0. The van der Waals surface area contributed by atoms with Gasteiger partial charge in [0.05, 0.1) is 12.7 Å². The van der Waals surface area contributed by atoms with Gasteiger partial charge in [-0.15, -0.1) is 0 Å². The van der Waals surface area contributed by atoms with E-state index in [0.29, 0.717) is 12.5 Å². The van der Waals surface area contributed by atoms with Gasteiger partial charge >= 0.3 is 0 Å². The van der Waals surface area contributed by atoms with E-state index < -0.39 is 0 Å². The van der Waals surface area contributed by atoms with Crippen LogP contribution in [0.25, 0.3) is 0 Å². The molecule has 0 heterocycles. The minimum atomic E-state index is -0.126. The van der Waals surface area contributed by atoms with Crippen molar-refractivity contribution in [1.82, 2.24) is 0 Å². The molecular weight excluding hydrogens is 336 g/mol. The molecule has 0 radical (unpaired) electrons. The number of benzene rings is 1. The Kier molecular flexibility index (Phi) is 16.3. The maximum atomic E-state index is 9.67. The molecule has 2 rings (SSSR count). The molecule has 0 aromatic heterocycles. The van der Waals surface area contributed by atoms with E-state index in [-0.39, 0.29) is 6.10 Å². The molecule has 152 valence electrons. The molecule has 27 heavy (non-hydrogen) atoms. The molecule has 1 N–H and O–H groups in total. The van der Waals surface area contributed by atoms with Gasteiger partial charge in [-0.05, 0) is 57.2 Å². The number of aryl methyl sites for hydroxylation is 1. The highest BCUT2D eigenvalue weighted by Gasteiger charge is 2.21. The monoisotopic (exact) mass is 374 g/mol. The van der Waals surface area contributed by atoms with Gasteiger partial charge in [0.1, 0.15) is 12.5 Å². The van der Waals surface area contributed by atoms with E-state index in [1.807, 2.05) is 25.0 Å². The van der Waals surface area contributed by atoms with E-state index in [1.54, 1.807) is 0 Å². The first kappa shape index (κ1) is 25.1. The van der Waals surface area contributed by atoms with Crippen molar-refractivity contribution in [2.45, 2.75) is 71.8 Å². The molecule has 0 bridgehead atoms. The van der Waals surface area contributed by atoms with Crippen molar-refractivity contribution in [3.8, 4) is 5.75 Å². The Morgan fingerprint density at radius 1 is 1.22 bits per heavy atom. The molecular formula is C24H38O3. The molecule has 0 spiro atoms. The number of carbonyl (C=O) groups excluding carboxylic acids is 1. The third-order valence-corrected chi connectivity index (χ3v) is 4.42. The molecule has 3 nitrogen and oxygen atoms in total. The quantitative estimate of drug-likeness (QED) is 0.445. The molecule has 2 atom stereocenters. The predicted octanol–water partition coefficient (Wildman–Crippen LogP) is 6.05. The van der Waals surface area contributed by atoms with Crippen molar-refractivity contribution >= 4 is 6.79 Å². The summed E-state index contributed by atoms with van der Waals surface area (Å²) in [5, 5.41) is 9.67. The Hall–Kier alpha value is -1.87. The van der Waals surface area contributed by atoms with Gasteiger partial charge in [0.2, 0.25) is 0 Å². The predicted molar refractivity (Wildman–Crippen MR) is 115 cm³/mol. The standard InChI is InChI=1S/C16H22O2.C7H14.CH2O/c1-13-6-4-9-15(12-13)18-11-3-2-7-14-8-5-10-16(14)17;1-3-5-7-6-4-2;1-2/h2,4,6-7,9,12,14,16-17H,3,5,8,10-11H2,1H3;3,5H,4,6-7H2,1-2H3;1H2/b7-2+;5-3-;. The van der Waals surface area contributed by atoms with E-state index >= 15 is 0 Å². The van der Waals surface area contributed by atoms with Gasteiger partial charge < -0.3 is 14.6 Å². The van der Waals surface area contributed by atoms with Crippen molar-refractivity contribution < 1.29 is 14.6 Å². The lowest BCUT2D eigenvalue weighted by atomic mass is 10.1. The van der Waals surface area contributed by atoms with Crippen LogP contribution in [0.4, 0.5) is 0 Å². The van der Waals surface area contributed by atoms with E-state index in [2.05, 4.69) is 51.1 Å². The molecule has 0 aliphatic heterocycles. The van der Waals surface area contributed by atoms with Crippen molar-refractivity contribution in [2.24, 2.45) is 5.92 Å². The number of hydrogen-bond acceptors (Lipinski definition) is 3. The van der Waals surface area contributed by atoms with E-state index in [1.165, 1.54) is 24.8 Å². The number of rotatable bonds is 8. The SMILES string of the molecule is C/C=C\CCCC.C=O.Cc1cccc(OCC/C=C/C2CCCC2O)c1. The smallest absolute Gasteiger partial charge is 0.119 e. The summed E-state index contributed by atoms with van der Waals surface area (Å²) in [6.07, 6.45) is 16.5. The number of unbranched alkanes of at least 4 members (excludes halogenated alkanes) is 2. The Bertz CT molecular complexity index is 522. The van der Waals surface area contributed by atoms with Crippen molar-refractivity contribution in [3.63, 3.8) is 0 Å². The maximum absolute atomic E-state index is 9.67. The van der Waals surface area contributed by atoms with Crippen LogP contribution < -0.4 is 4.74 Å². The zero-order chi connectivity index (χ0) is 20.3. The molecule has 1 aliphatic rings. The Labute approximate surface area is 166 Å². The van der Waals surface area contributed by atoms with Crippen LogP contribution in [0.1, 0.15) is 64.4 Å². The summed E-state index contributed by atoms with van der Waals surface area (Å²) in [6.45, 7) is 9.04. The van der Waals surface area contributed by atoms with Crippen LogP contribution in [-0.2, 0) is 4.79 Å². The molecule has 1 aliphatic carbocycles. The highest BCUT2D eigenvalue weighted by Crippen LogP contribution is 2.26. The molecule has 0 saturated heterocycles. The summed E-state index contributed by atoms with van der Waals surface area (Å²) in [7, 11) is 0. The number of allylic oxidation sites excluding steroid dienone is 2. The fraction of sp³-hybridized carbons (Fsp3) is 0.542. The zero-order valence-electron chi connectivity index (χ0n) is 17.4. The lowest BCUT2D eigenvalue weighted by Gasteiger charge is -2.08. The normalized spacial score (nSPS) is 18.7. The number of carbonyl (C=O) groups is 1. The Morgan fingerprint density at radius 3 is 2.59 bits per heavy atom. The number of aliphatic hydroxyl groups excluding tert-OH is 1. The van der Waals surface area contributed by atoms with E-state index in [4.69, 9.17) is 9.53 Å². The van der Waals surface area contributed by atoms with Crippen molar-refractivity contribution in [3.05, 3.63) is 54.1 Å². The second-order valence-corrected chi connectivity index (χ2v) is 6.76.